The molecule has 33 heavy (non-hydrogen) atoms. The molecule has 0 unspecified atom stereocenters. The summed E-state index contributed by atoms with van der Waals surface area (Å²) in [6, 6.07) is 15.8. The summed E-state index contributed by atoms with van der Waals surface area (Å²) in [5.41, 5.74) is 2.23. The molecule has 4 nitrogen and oxygen atoms in total. The number of aryl methyl sites for hydroxylation is 1. The van der Waals surface area contributed by atoms with Gasteiger partial charge in [0.05, 0.1) is 0 Å². The smallest absolute Gasteiger partial charge is 0.243 e. The van der Waals surface area contributed by atoms with Gasteiger partial charge < -0.3 is 10.2 Å². The van der Waals surface area contributed by atoms with Crippen molar-refractivity contribution in [1.29, 1.82) is 0 Å². The molecule has 0 bridgehead atoms. The zero-order valence-corrected chi connectivity index (χ0v) is 21.3. The second-order valence-electron chi connectivity index (χ2n) is 8.83. The van der Waals surface area contributed by atoms with E-state index in [1.54, 1.807) is 16.7 Å². The molecule has 178 valence electrons. The summed E-state index contributed by atoms with van der Waals surface area (Å²) in [5.74, 6) is 0.873. The quantitative estimate of drug-likeness (QED) is 0.296. The number of nitrogens with one attached hydrogen (secondary N) is 1. The monoisotopic (exact) mass is 486 g/mol. The number of amides is 2. The summed E-state index contributed by atoms with van der Waals surface area (Å²) >= 11 is 7.68. The molecule has 1 saturated carbocycles. The molecule has 0 radical (unpaired) electrons. The molecule has 2 aromatic rings. The van der Waals surface area contributed by atoms with Crippen LogP contribution >= 0.6 is 23.4 Å². The number of thioether (sulfide) groups is 1. The Morgan fingerprint density at radius 1 is 1.09 bits per heavy atom. The van der Waals surface area contributed by atoms with Crippen LogP contribution in [0.5, 0.6) is 0 Å². The fourth-order valence-electron chi connectivity index (χ4n) is 4.27. The summed E-state index contributed by atoms with van der Waals surface area (Å²) in [7, 11) is 0. The van der Waals surface area contributed by atoms with E-state index in [1.807, 2.05) is 43.3 Å². The first-order valence-corrected chi connectivity index (χ1v) is 13.4. The Labute approximate surface area is 207 Å². The fourth-order valence-corrected chi connectivity index (χ4v) is 5.24. The lowest BCUT2D eigenvalue weighted by molar-refractivity contribution is -0.141. The van der Waals surface area contributed by atoms with Gasteiger partial charge in [0.15, 0.2) is 0 Å². The fraction of sp³-hybridized carbons (Fsp3) is 0.481. The zero-order valence-electron chi connectivity index (χ0n) is 19.7. The van der Waals surface area contributed by atoms with Crippen molar-refractivity contribution in [3.8, 4) is 0 Å². The number of carbonyl (C=O) groups excluding carboxylic acids is 2. The molecule has 0 spiro atoms. The summed E-state index contributed by atoms with van der Waals surface area (Å²) in [6.07, 6.45) is 6.20. The van der Waals surface area contributed by atoms with Gasteiger partial charge in [0.2, 0.25) is 11.8 Å². The van der Waals surface area contributed by atoms with Gasteiger partial charge in [-0.3, -0.25) is 9.59 Å². The topological polar surface area (TPSA) is 49.4 Å². The average molecular weight is 487 g/mol. The summed E-state index contributed by atoms with van der Waals surface area (Å²) in [5, 5.41) is 3.93. The normalized spacial score (nSPS) is 14.8. The molecule has 0 heterocycles. The maximum absolute atomic E-state index is 13.3. The number of nitrogens with zero attached hydrogens (tertiary/aromatic N) is 1. The molecular weight excluding hydrogens is 452 g/mol. The molecule has 2 amide bonds. The third kappa shape index (κ3) is 8.08. The average Bonchev–Trinajstić information content (AvgIpc) is 3.32. The molecule has 1 aliphatic rings. The Hall–Kier alpha value is -1.98. The van der Waals surface area contributed by atoms with Crippen molar-refractivity contribution in [2.75, 3.05) is 5.75 Å². The summed E-state index contributed by atoms with van der Waals surface area (Å²) in [4.78, 5) is 29.4. The van der Waals surface area contributed by atoms with E-state index in [-0.39, 0.29) is 17.9 Å². The minimum Gasteiger partial charge on any atom is -0.352 e. The Balaban J connectivity index is 1.63. The van der Waals surface area contributed by atoms with Gasteiger partial charge in [-0.1, -0.05) is 61.2 Å². The minimum absolute atomic E-state index is 0.0135. The van der Waals surface area contributed by atoms with Crippen LogP contribution in [-0.2, 0) is 16.1 Å². The lowest BCUT2D eigenvalue weighted by Gasteiger charge is -2.31. The number of carbonyl (C=O) groups is 2. The molecule has 0 aliphatic heterocycles. The molecule has 1 aliphatic carbocycles. The van der Waals surface area contributed by atoms with Crippen molar-refractivity contribution in [3.63, 3.8) is 0 Å². The van der Waals surface area contributed by atoms with Crippen LogP contribution in [0.25, 0.3) is 0 Å². The first-order chi connectivity index (χ1) is 16.0. The predicted molar refractivity (Wildman–Crippen MR) is 138 cm³/mol. The van der Waals surface area contributed by atoms with Crippen LogP contribution in [0.15, 0.2) is 53.4 Å². The van der Waals surface area contributed by atoms with Gasteiger partial charge >= 0.3 is 0 Å². The summed E-state index contributed by atoms with van der Waals surface area (Å²) in [6.45, 7) is 4.50. The zero-order chi connectivity index (χ0) is 23.6. The van der Waals surface area contributed by atoms with E-state index in [0.29, 0.717) is 19.4 Å². The Morgan fingerprint density at radius 2 is 1.76 bits per heavy atom. The molecule has 1 N–H and O–H groups in total. The van der Waals surface area contributed by atoms with Crippen LogP contribution in [0.3, 0.4) is 0 Å². The minimum atomic E-state index is -0.441. The van der Waals surface area contributed by atoms with Crippen molar-refractivity contribution in [2.45, 2.75) is 82.3 Å². The molecule has 1 fully saturated rings. The number of halogens is 1. The van der Waals surface area contributed by atoms with Gasteiger partial charge in [-0.05, 0) is 68.2 Å². The molecule has 0 saturated heterocycles. The second kappa shape index (κ2) is 13.0. The van der Waals surface area contributed by atoms with Crippen LogP contribution in [-0.4, -0.2) is 34.6 Å². The van der Waals surface area contributed by atoms with E-state index in [0.717, 1.165) is 40.5 Å². The Morgan fingerprint density at radius 3 is 2.39 bits per heavy atom. The maximum Gasteiger partial charge on any atom is 0.243 e. The predicted octanol–water partition coefficient (Wildman–Crippen LogP) is 6.39. The van der Waals surface area contributed by atoms with E-state index in [2.05, 4.69) is 24.4 Å². The van der Waals surface area contributed by atoms with E-state index in [4.69, 9.17) is 11.6 Å². The Bertz CT molecular complexity index is 895. The van der Waals surface area contributed by atoms with E-state index in [9.17, 15) is 9.59 Å². The lowest BCUT2D eigenvalue weighted by Crippen LogP contribution is -2.50. The number of rotatable bonds is 11. The van der Waals surface area contributed by atoms with Crippen molar-refractivity contribution in [3.05, 3.63) is 64.7 Å². The van der Waals surface area contributed by atoms with Crippen molar-refractivity contribution in [1.82, 2.24) is 10.2 Å². The van der Waals surface area contributed by atoms with Crippen LogP contribution in [0.1, 0.15) is 63.0 Å². The van der Waals surface area contributed by atoms with Crippen molar-refractivity contribution >= 4 is 35.2 Å². The molecule has 3 rings (SSSR count). The summed E-state index contributed by atoms with van der Waals surface area (Å²) < 4.78 is 0. The lowest BCUT2D eigenvalue weighted by atomic mass is 10.1. The van der Waals surface area contributed by atoms with Gasteiger partial charge in [-0.25, -0.2) is 0 Å². The number of benzene rings is 2. The molecule has 0 aromatic heterocycles. The van der Waals surface area contributed by atoms with Crippen molar-refractivity contribution in [2.24, 2.45) is 0 Å². The highest BCUT2D eigenvalue weighted by Gasteiger charge is 2.30. The highest BCUT2D eigenvalue weighted by atomic mass is 35.5. The van der Waals surface area contributed by atoms with Gasteiger partial charge in [-0.2, -0.15) is 0 Å². The van der Waals surface area contributed by atoms with Gasteiger partial charge in [0, 0.05) is 28.9 Å². The van der Waals surface area contributed by atoms with E-state index in [1.165, 1.54) is 18.4 Å². The standard InChI is InChI=1S/C27H35ClN2O2S/c1-3-25(27(32)29-23-7-4-5-8-23)30(19-21-12-10-20(2)11-13-21)26(31)9-6-18-33-24-16-14-22(28)15-17-24/h10-17,23,25H,3-9,18-19H2,1-2H3,(H,29,32)/t25-/m1/s1. The second-order valence-corrected chi connectivity index (χ2v) is 10.4. The van der Waals surface area contributed by atoms with Gasteiger partial charge in [-0.15, -0.1) is 11.8 Å². The Kier molecular flexibility index (Phi) is 10.1. The highest BCUT2D eigenvalue weighted by molar-refractivity contribution is 7.99. The first kappa shape index (κ1) is 25.6. The van der Waals surface area contributed by atoms with Crippen LogP contribution in [0.4, 0.5) is 0 Å². The van der Waals surface area contributed by atoms with Gasteiger partial charge in [0.25, 0.3) is 0 Å². The van der Waals surface area contributed by atoms with Gasteiger partial charge in [0.1, 0.15) is 6.04 Å². The highest BCUT2D eigenvalue weighted by Crippen LogP contribution is 2.23. The van der Waals surface area contributed by atoms with Crippen LogP contribution in [0.2, 0.25) is 5.02 Å². The van der Waals surface area contributed by atoms with Crippen LogP contribution in [0, 0.1) is 6.92 Å². The number of hydrogen-bond acceptors (Lipinski definition) is 3. The van der Waals surface area contributed by atoms with Crippen molar-refractivity contribution < 1.29 is 9.59 Å². The molecule has 2 aromatic carbocycles. The maximum atomic E-state index is 13.3. The van der Waals surface area contributed by atoms with E-state index < -0.39 is 6.04 Å². The SMILES string of the molecule is CC[C@H](C(=O)NC1CCCC1)N(Cc1ccc(C)cc1)C(=O)CCCSc1ccc(Cl)cc1. The first-order valence-electron chi connectivity index (χ1n) is 12.0. The third-order valence-electron chi connectivity index (χ3n) is 6.18. The molecule has 1 atom stereocenters. The largest absolute Gasteiger partial charge is 0.352 e. The molecule has 6 heteroatoms. The number of hydrogen-bond donors (Lipinski definition) is 1. The molecular formula is C27H35ClN2O2S. The third-order valence-corrected chi connectivity index (χ3v) is 7.53. The van der Waals surface area contributed by atoms with E-state index >= 15 is 0 Å². The van der Waals surface area contributed by atoms with Crippen LogP contribution < -0.4 is 5.32 Å².